The molecule has 1 aromatic heterocycles. The van der Waals surface area contributed by atoms with Crippen molar-refractivity contribution in [1.29, 1.82) is 0 Å². The number of amides is 2. The number of anilines is 1. The van der Waals surface area contributed by atoms with Crippen molar-refractivity contribution in [1.82, 2.24) is 15.1 Å². The molecule has 1 saturated carbocycles. The quantitative estimate of drug-likeness (QED) is 0.690. The van der Waals surface area contributed by atoms with E-state index >= 15 is 0 Å². The summed E-state index contributed by atoms with van der Waals surface area (Å²) in [6.07, 6.45) is 6.31. The maximum absolute atomic E-state index is 13.4. The van der Waals surface area contributed by atoms with E-state index < -0.39 is 6.04 Å². The van der Waals surface area contributed by atoms with E-state index in [0.717, 1.165) is 31.2 Å². The largest absolute Gasteiger partial charge is 0.423 e. The number of hydrogen-bond donors (Lipinski definition) is 1. The van der Waals surface area contributed by atoms with E-state index in [1.165, 1.54) is 12.8 Å². The van der Waals surface area contributed by atoms with E-state index in [2.05, 4.69) is 15.5 Å². The number of nitrogens with zero attached hydrogens (tertiary/aromatic N) is 3. The Morgan fingerprint density at radius 2 is 1.77 bits per heavy atom. The van der Waals surface area contributed by atoms with E-state index in [4.69, 9.17) is 4.42 Å². The summed E-state index contributed by atoms with van der Waals surface area (Å²) < 4.78 is 5.20. The Morgan fingerprint density at radius 1 is 1.00 bits per heavy atom. The highest BCUT2D eigenvalue weighted by Crippen LogP contribution is 2.40. The number of benzene rings is 2. The minimum atomic E-state index is -0.462. The van der Waals surface area contributed by atoms with Crippen LogP contribution >= 0.6 is 0 Å². The third-order valence-corrected chi connectivity index (χ3v) is 6.41. The van der Waals surface area contributed by atoms with Crippen LogP contribution in [-0.4, -0.2) is 39.0 Å². The first-order valence-electron chi connectivity index (χ1n) is 10.8. The monoisotopic (exact) mass is 416 g/mol. The first-order valence-corrected chi connectivity index (χ1v) is 10.8. The van der Waals surface area contributed by atoms with Crippen molar-refractivity contribution in [3.8, 4) is 11.5 Å². The van der Waals surface area contributed by atoms with Gasteiger partial charge in [0, 0.05) is 22.9 Å². The van der Waals surface area contributed by atoms with Crippen molar-refractivity contribution >= 4 is 17.5 Å². The normalized spacial score (nSPS) is 22.7. The highest BCUT2D eigenvalue weighted by atomic mass is 16.4. The zero-order chi connectivity index (χ0) is 21.2. The van der Waals surface area contributed by atoms with Crippen LogP contribution in [0.2, 0.25) is 0 Å². The number of aromatic nitrogens is 2. The summed E-state index contributed by atoms with van der Waals surface area (Å²) in [5.41, 5.74) is 2.09. The van der Waals surface area contributed by atoms with Crippen LogP contribution in [0.3, 0.4) is 0 Å². The molecule has 1 aliphatic carbocycles. The van der Waals surface area contributed by atoms with Gasteiger partial charge in [-0.05, 0) is 61.6 Å². The molecular formula is C24H24N4O3. The van der Waals surface area contributed by atoms with Gasteiger partial charge in [0.05, 0.1) is 0 Å². The Bertz CT molecular complexity index is 1050. The summed E-state index contributed by atoms with van der Waals surface area (Å²) >= 11 is 0. The predicted molar refractivity (Wildman–Crippen MR) is 115 cm³/mol. The lowest BCUT2D eigenvalue weighted by Crippen LogP contribution is -2.47. The fourth-order valence-corrected chi connectivity index (χ4v) is 4.94. The Kier molecular flexibility index (Phi) is 5.24. The number of carbonyl (C=O) groups is 2. The van der Waals surface area contributed by atoms with Crippen molar-refractivity contribution in [2.45, 2.75) is 44.2 Å². The molecule has 1 aliphatic heterocycles. The van der Waals surface area contributed by atoms with Crippen LogP contribution in [-0.2, 0) is 4.79 Å². The molecule has 7 nitrogen and oxygen atoms in total. The first kappa shape index (κ1) is 19.5. The molecule has 2 fully saturated rings. The van der Waals surface area contributed by atoms with Crippen molar-refractivity contribution in [3.63, 3.8) is 0 Å². The number of carbonyl (C=O) groups excluding carboxylic acids is 2. The number of likely N-dealkylation sites (tertiary alicyclic amines) is 1. The molecule has 2 aromatic carbocycles. The minimum Gasteiger partial charge on any atom is -0.423 e. The molecule has 3 atom stereocenters. The topological polar surface area (TPSA) is 88.3 Å². The Labute approximate surface area is 180 Å². The molecule has 3 aromatic rings. The molecule has 1 saturated heterocycles. The van der Waals surface area contributed by atoms with Gasteiger partial charge in [-0.2, -0.15) is 0 Å². The molecule has 0 bridgehead atoms. The number of hydrogen-bond acceptors (Lipinski definition) is 5. The standard InChI is InChI=1S/C24H24N4O3/c29-22(26-19-12-10-16(11-13-19)23-27-25-15-31-23)21-14-18-8-4-5-9-20(18)28(21)24(30)17-6-2-1-3-7-17/h1-3,6-7,10-13,15,18,20-21H,4-5,8-9,14H2,(H,26,29). The molecule has 2 aliphatic rings. The molecular weight excluding hydrogens is 392 g/mol. The smallest absolute Gasteiger partial charge is 0.254 e. The lowest BCUT2D eigenvalue weighted by molar-refractivity contribution is -0.120. The van der Waals surface area contributed by atoms with Gasteiger partial charge in [0.1, 0.15) is 6.04 Å². The van der Waals surface area contributed by atoms with Crippen molar-refractivity contribution in [3.05, 3.63) is 66.6 Å². The highest BCUT2D eigenvalue weighted by molar-refractivity contribution is 6.02. The zero-order valence-corrected chi connectivity index (χ0v) is 17.1. The average molecular weight is 416 g/mol. The van der Waals surface area contributed by atoms with Crippen molar-refractivity contribution < 1.29 is 14.0 Å². The van der Waals surface area contributed by atoms with Crippen LogP contribution < -0.4 is 5.32 Å². The van der Waals surface area contributed by atoms with Gasteiger partial charge >= 0.3 is 0 Å². The molecule has 0 radical (unpaired) electrons. The summed E-state index contributed by atoms with van der Waals surface area (Å²) in [5, 5.41) is 10.6. The van der Waals surface area contributed by atoms with Crippen LogP contribution in [0.5, 0.6) is 0 Å². The molecule has 7 heteroatoms. The van der Waals surface area contributed by atoms with Gasteiger partial charge in [0.25, 0.3) is 5.91 Å². The molecule has 2 heterocycles. The fourth-order valence-electron chi connectivity index (χ4n) is 4.94. The van der Waals surface area contributed by atoms with Gasteiger partial charge in [0.15, 0.2) is 0 Å². The average Bonchev–Trinajstić information content (AvgIpc) is 3.48. The van der Waals surface area contributed by atoms with Gasteiger partial charge in [-0.3, -0.25) is 9.59 Å². The van der Waals surface area contributed by atoms with Crippen LogP contribution in [0, 0.1) is 5.92 Å². The van der Waals surface area contributed by atoms with Crippen LogP contribution in [0.1, 0.15) is 42.5 Å². The number of rotatable bonds is 4. The van der Waals surface area contributed by atoms with E-state index in [9.17, 15) is 9.59 Å². The summed E-state index contributed by atoms with van der Waals surface area (Å²) in [6, 6.07) is 16.2. The van der Waals surface area contributed by atoms with E-state index in [1.807, 2.05) is 59.5 Å². The van der Waals surface area contributed by atoms with Gasteiger partial charge < -0.3 is 14.6 Å². The highest BCUT2D eigenvalue weighted by Gasteiger charge is 2.47. The van der Waals surface area contributed by atoms with E-state index in [0.29, 0.717) is 23.1 Å². The molecule has 1 N–H and O–H groups in total. The second-order valence-electron chi connectivity index (χ2n) is 8.25. The van der Waals surface area contributed by atoms with Gasteiger partial charge in [-0.1, -0.05) is 31.0 Å². The minimum absolute atomic E-state index is 0.0538. The Hall–Kier alpha value is -3.48. The molecule has 158 valence electrons. The van der Waals surface area contributed by atoms with Crippen LogP contribution in [0.15, 0.2) is 65.4 Å². The summed E-state index contributed by atoms with van der Waals surface area (Å²) in [7, 11) is 0. The number of fused-ring (bicyclic) bond motifs is 1. The zero-order valence-electron chi connectivity index (χ0n) is 17.1. The van der Waals surface area contributed by atoms with Gasteiger partial charge in [0.2, 0.25) is 18.2 Å². The van der Waals surface area contributed by atoms with Crippen molar-refractivity contribution in [2.24, 2.45) is 5.92 Å². The van der Waals surface area contributed by atoms with Gasteiger partial charge in [-0.25, -0.2) is 0 Å². The van der Waals surface area contributed by atoms with Crippen LogP contribution in [0.25, 0.3) is 11.5 Å². The van der Waals surface area contributed by atoms with E-state index in [1.54, 1.807) is 0 Å². The first-order chi connectivity index (χ1) is 15.2. The summed E-state index contributed by atoms with van der Waals surface area (Å²) in [6.45, 7) is 0. The maximum atomic E-state index is 13.4. The lowest BCUT2D eigenvalue weighted by atomic mass is 9.84. The lowest BCUT2D eigenvalue weighted by Gasteiger charge is -2.33. The van der Waals surface area contributed by atoms with Gasteiger partial charge in [-0.15, -0.1) is 10.2 Å². The molecule has 2 amide bonds. The van der Waals surface area contributed by atoms with Crippen molar-refractivity contribution in [2.75, 3.05) is 5.32 Å². The third-order valence-electron chi connectivity index (χ3n) is 6.41. The second kappa shape index (κ2) is 8.34. The Balaban J connectivity index is 1.36. The SMILES string of the molecule is O=C(Nc1ccc(-c2nnco2)cc1)C1CC2CCCCC2N1C(=O)c1ccccc1. The third kappa shape index (κ3) is 3.83. The summed E-state index contributed by atoms with van der Waals surface area (Å²) in [4.78, 5) is 28.5. The molecule has 0 spiro atoms. The molecule has 31 heavy (non-hydrogen) atoms. The second-order valence-corrected chi connectivity index (χ2v) is 8.25. The predicted octanol–water partition coefficient (Wildman–Crippen LogP) is 4.15. The Morgan fingerprint density at radius 3 is 2.52 bits per heavy atom. The maximum Gasteiger partial charge on any atom is 0.254 e. The number of nitrogens with one attached hydrogen (secondary N) is 1. The summed E-state index contributed by atoms with van der Waals surface area (Å²) in [5.74, 6) is 0.626. The van der Waals surface area contributed by atoms with E-state index in [-0.39, 0.29) is 17.9 Å². The fraction of sp³-hybridized carbons (Fsp3) is 0.333. The van der Waals surface area contributed by atoms with Crippen LogP contribution in [0.4, 0.5) is 5.69 Å². The molecule has 5 rings (SSSR count). The molecule has 3 unspecified atom stereocenters.